The van der Waals surface area contributed by atoms with Gasteiger partial charge in [0.25, 0.3) is 0 Å². The van der Waals surface area contributed by atoms with E-state index in [1.165, 1.54) is 29.7 Å². The van der Waals surface area contributed by atoms with Crippen LogP contribution in [0.5, 0.6) is 5.75 Å². The number of benzene rings is 2. The number of nitrogens with one attached hydrogen (secondary N) is 2. The molecule has 1 fully saturated rings. The van der Waals surface area contributed by atoms with Gasteiger partial charge in [0, 0.05) is 28.9 Å². The standard InChI is InChI=1S/C28H30F3N3O2S/c1-19(35)32-25-17-22(37-2)13-14-27(25)36-15-7-10-21-16-23-24(33-20-8-4-3-5-9-20)11-6-12-26(23)34(21)18-28(29,30)31/h6,11-14,16-17,20,33H,3-5,8-9,15,18H2,1-2H3,(H,32,35). The van der Waals surface area contributed by atoms with Crippen LogP contribution >= 0.6 is 11.8 Å². The van der Waals surface area contributed by atoms with Crippen LogP contribution in [-0.2, 0) is 11.3 Å². The van der Waals surface area contributed by atoms with Crippen LogP contribution in [0.3, 0.4) is 0 Å². The summed E-state index contributed by atoms with van der Waals surface area (Å²) in [5.74, 6) is 5.94. The van der Waals surface area contributed by atoms with Gasteiger partial charge in [0.1, 0.15) is 18.9 Å². The second-order valence-corrected chi connectivity index (χ2v) is 9.96. The summed E-state index contributed by atoms with van der Waals surface area (Å²) in [6.45, 7) is 0.231. The molecule has 0 radical (unpaired) electrons. The molecule has 0 spiro atoms. The van der Waals surface area contributed by atoms with Crippen molar-refractivity contribution in [2.75, 3.05) is 23.5 Å². The Morgan fingerprint density at radius 2 is 1.92 bits per heavy atom. The number of carbonyl (C=O) groups is 1. The highest BCUT2D eigenvalue weighted by atomic mass is 32.2. The lowest BCUT2D eigenvalue weighted by Crippen LogP contribution is -2.22. The minimum absolute atomic E-state index is 0.0497. The second-order valence-electron chi connectivity index (χ2n) is 9.08. The third-order valence-corrected chi connectivity index (χ3v) is 6.99. The van der Waals surface area contributed by atoms with Gasteiger partial charge in [-0.25, -0.2) is 0 Å². The monoisotopic (exact) mass is 529 g/mol. The Kier molecular flexibility index (Phi) is 8.59. The minimum Gasteiger partial charge on any atom is -0.479 e. The molecule has 4 rings (SSSR count). The smallest absolute Gasteiger partial charge is 0.406 e. The summed E-state index contributed by atoms with van der Waals surface area (Å²) >= 11 is 1.53. The minimum atomic E-state index is -4.39. The lowest BCUT2D eigenvalue weighted by molar-refractivity contribution is -0.140. The summed E-state index contributed by atoms with van der Waals surface area (Å²) in [4.78, 5) is 12.5. The molecule has 9 heteroatoms. The van der Waals surface area contributed by atoms with Gasteiger partial charge >= 0.3 is 6.18 Å². The number of ether oxygens (including phenoxy) is 1. The summed E-state index contributed by atoms with van der Waals surface area (Å²) < 4.78 is 47.4. The molecular weight excluding hydrogens is 499 g/mol. The SMILES string of the molecule is CSc1ccc(OCC#Cc2cc3c(NC4CCCCC4)cccc3n2CC(F)(F)F)c(NC(C)=O)c1. The Balaban J connectivity index is 1.60. The van der Waals surface area contributed by atoms with E-state index < -0.39 is 12.7 Å². The van der Waals surface area contributed by atoms with Gasteiger partial charge in [0.2, 0.25) is 5.91 Å². The van der Waals surface area contributed by atoms with Gasteiger partial charge in [-0.2, -0.15) is 13.2 Å². The third kappa shape index (κ3) is 7.16. The van der Waals surface area contributed by atoms with Crippen molar-refractivity contribution in [1.82, 2.24) is 4.57 Å². The van der Waals surface area contributed by atoms with Crippen LogP contribution in [-0.4, -0.2) is 35.6 Å². The maximum atomic E-state index is 13.5. The van der Waals surface area contributed by atoms with Crippen molar-refractivity contribution < 1.29 is 22.7 Å². The first kappa shape index (κ1) is 26.8. The molecule has 1 aliphatic carbocycles. The summed E-state index contributed by atoms with van der Waals surface area (Å²) in [6, 6.07) is 12.8. The molecule has 0 atom stereocenters. The zero-order chi connectivity index (χ0) is 26.4. The number of anilines is 2. The number of halogens is 3. The Morgan fingerprint density at radius 1 is 1.14 bits per heavy atom. The van der Waals surface area contributed by atoms with E-state index in [0.717, 1.165) is 41.7 Å². The number of thioether (sulfide) groups is 1. The van der Waals surface area contributed by atoms with Crippen LogP contribution in [0.15, 0.2) is 47.4 Å². The summed E-state index contributed by atoms with van der Waals surface area (Å²) in [5, 5.41) is 7.01. The molecule has 1 heterocycles. The van der Waals surface area contributed by atoms with E-state index in [9.17, 15) is 18.0 Å². The predicted molar refractivity (Wildman–Crippen MR) is 143 cm³/mol. The molecule has 3 aromatic rings. The van der Waals surface area contributed by atoms with Crippen LogP contribution in [0.1, 0.15) is 44.7 Å². The molecule has 0 unspecified atom stereocenters. The number of alkyl halides is 3. The predicted octanol–water partition coefficient (Wildman–Crippen LogP) is 7.06. The van der Waals surface area contributed by atoms with E-state index in [2.05, 4.69) is 22.5 Å². The van der Waals surface area contributed by atoms with Crippen LogP contribution in [0, 0.1) is 11.8 Å². The van der Waals surface area contributed by atoms with Crippen LogP contribution < -0.4 is 15.4 Å². The Bertz CT molecular complexity index is 1320. The fourth-order valence-electron chi connectivity index (χ4n) is 4.62. The highest BCUT2D eigenvalue weighted by Crippen LogP contribution is 2.32. The van der Waals surface area contributed by atoms with Crippen LogP contribution in [0.25, 0.3) is 10.9 Å². The highest BCUT2D eigenvalue weighted by molar-refractivity contribution is 7.98. The quantitative estimate of drug-likeness (QED) is 0.254. The first-order chi connectivity index (χ1) is 17.7. The first-order valence-corrected chi connectivity index (χ1v) is 13.5. The number of fused-ring (bicyclic) bond motifs is 1. The fraction of sp³-hybridized carbons (Fsp3) is 0.393. The molecule has 1 amide bonds. The molecule has 0 saturated heterocycles. The van der Waals surface area contributed by atoms with Crippen molar-refractivity contribution in [3.05, 3.63) is 48.2 Å². The number of hydrogen-bond donors (Lipinski definition) is 2. The number of carbonyl (C=O) groups excluding carboxylic acids is 1. The zero-order valence-corrected chi connectivity index (χ0v) is 21.7. The van der Waals surface area contributed by atoms with Gasteiger partial charge in [-0.1, -0.05) is 31.2 Å². The average Bonchev–Trinajstić information content (AvgIpc) is 3.19. The summed E-state index contributed by atoms with van der Waals surface area (Å²) in [6.07, 6.45) is 3.18. The Labute approximate surface area is 219 Å². The van der Waals surface area contributed by atoms with Crippen LogP contribution in [0.2, 0.25) is 0 Å². The van der Waals surface area contributed by atoms with E-state index in [1.54, 1.807) is 30.3 Å². The molecule has 1 saturated carbocycles. The number of rotatable bonds is 7. The zero-order valence-electron chi connectivity index (χ0n) is 20.9. The number of nitrogens with zero attached hydrogens (tertiary/aromatic N) is 1. The van der Waals surface area contributed by atoms with Gasteiger partial charge in [-0.05, 0) is 61.4 Å². The molecule has 196 valence electrons. The molecule has 37 heavy (non-hydrogen) atoms. The normalized spacial score (nSPS) is 14.2. The van der Waals surface area contributed by atoms with Gasteiger partial charge in [-0.15, -0.1) is 11.8 Å². The van der Waals surface area contributed by atoms with Gasteiger partial charge in [0.05, 0.1) is 16.9 Å². The van der Waals surface area contributed by atoms with Crippen molar-refractivity contribution in [3.63, 3.8) is 0 Å². The van der Waals surface area contributed by atoms with E-state index >= 15 is 0 Å². The molecule has 0 bridgehead atoms. The molecule has 2 aromatic carbocycles. The molecular formula is C28H30F3N3O2S. The summed E-state index contributed by atoms with van der Waals surface area (Å²) in [7, 11) is 0. The lowest BCUT2D eigenvalue weighted by Gasteiger charge is -2.24. The fourth-order valence-corrected chi connectivity index (χ4v) is 5.06. The lowest BCUT2D eigenvalue weighted by atomic mass is 9.95. The van der Waals surface area contributed by atoms with Crippen molar-refractivity contribution in [3.8, 4) is 17.6 Å². The largest absolute Gasteiger partial charge is 0.479 e. The maximum Gasteiger partial charge on any atom is 0.406 e. The molecule has 1 aromatic heterocycles. The van der Waals surface area contributed by atoms with Gasteiger partial charge in [0.15, 0.2) is 0 Å². The maximum absolute atomic E-state index is 13.5. The van der Waals surface area contributed by atoms with Crippen LogP contribution in [0.4, 0.5) is 24.5 Å². The second kappa shape index (κ2) is 11.9. The van der Waals surface area contributed by atoms with Crippen molar-refractivity contribution in [2.45, 2.75) is 62.7 Å². The topological polar surface area (TPSA) is 55.3 Å². The number of amides is 1. The van der Waals surface area contributed by atoms with Crippen molar-refractivity contribution in [2.24, 2.45) is 0 Å². The molecule has 5 nitrogen and oxygen atoms in total. The Hall–Kier alpha value is -3.25. The molecule has 2 N–H and O–H groups in total. The third-order valence-electron chi connectivity index (χ3n) is 6.26. The van der Waals surface area contributed by atoms with E-state index in [1.807, 2.05) is 18.4 Å². The van der Waals surface area contributed by atoms with E-state index in [-0.39, 0.29) is 18.2 Å². The van der Waals surface area contributed by atoms with Gasteiger partial charge < -0.3 is 19.9 Å². The molecule has 1 aliphatic rings. The first-order valence-electron chi connectivity index (χ1n) is 12.3. The number of hydrogen-bond acceptors (Lipinski definition) is 4. The van der Waals surface area contributed by atoms with E-state index in [0.29, 0.717) is 23.0 Å². The number of aromatic nitrogens is 1. The summed E-state index contributed by atoms with van der Waals surface area (Å²) in [5.41, 5.74) is 2.11. The average molecular weight is 530 g/mol. The van der Waals surface area contributed by atoms with Crippen molar-refractivity contribution in [1.29, 1.82) is 0 Å². The Morgan fingerprint density at radius 3 is 2.62 bits per heavy atom. The van der Waals surface area contributed by atoms with E-state index in [4.69, 9.17) is 4.74 Å². The highest BCUT2D eigenvalue weighted by Gasteiger charge is 2.30. The van der Waals surface area contributed by atoms with Gasteiger partial charge in [-0.3, -0.25) is 4.79 Å². The van der Waals surface area contributed by atoms with Crippen molar-refractivity contribution >= 4 is 39.9 Å². The molecule has 0 aliphatic heterocycles.